The minimum absolute atomic E-state index is 0.0161. The lowest BCUT2D eigenvalue weighted by molar-refractivity contribution is -0.114. The van der Waals surface area contributed by atoms with Gasteiger partial charge in [0.05, 0.1) is 16.8 Å². The van der Waals surface area contributed by atoms with E-state index in [0.717, 1.165) is 6.08 Å². The number of carbonyl (C=O) groups is 1. The van der Waals surface area contributed by atoms with Gasteiger partial charge < -0.3 is 5.32 Å². The molecule has 11 heteroatoms. The first-order valence-electron chi connectivity index (χ1n) is 9.56. The van der Waals surface area contributed by atoms with Crippen LogP contribution in [0, 0.1) is 17.0 Å². The Balaban J connectivity index is 1.83. The fraction of sp³-hybridized carbons (Fsp3) is 0.0909. The molecule has 2 aromatic carbocycles. The van der Waals surface area contributed by atoms with Crippen LogP contribution in [-0.2, 0) is 21.4 Å². The van der Waals surface area contributed by atoms with Crippen molar-refractivity contribution in [2.45, 2.75) is 18.4 Å². The zero-order valence-corrected chi connectivity index (χ0v) is 18.2. The van der Waals surface area contributed by atoms with Crippen molar-refractivity contribution in [2.24, 2.45) is 0 Å². The highest BCUT2D eigenvalue weighted by molar-refractivity contribution is 7.92. The molecule has 0 atom stereocenters. The molecule has 1 aromatic heterocycles. The SMILES string of the molecule is CC(=O)/C(=C/C(=N)c1ncc(F)c(NS(=O)(=O)c2ccccc2)n1)NCc1ccccc1F. The number of hydrogen-bond acceptors (Lipinski definition) is 7. The summed E-state index contributed by atoms with van der Waals surface area (Å²) in [4.78, 5) is 19.3. The molecular weight excluding hydrogens is 452 g/mol. The van der Waals surface area contributed by atoms with E-state index in [-0.39, 0.29) is 28.7 Å². The van der Waals surface area contributed by atoms with Gasteiger partial charge in [-0.3, -0.25) is 14.9 Å². The lowest BCUT2D eigenvalue weighted by Crippen LogP contribution is -2.21. The van der Waals surface area contributed by atoms with E-state index in [9.17, 15) is 22.0 Å². The third kappa shape index (κ3) is 6.04. The zero-order valence-electron chi connectivity index (χ0n) is 17.3. The quantitative estimate of drug-likeness (QED) is 0.325. The van der Waals surface area contributed by atoms with E-state index in [1.165, 1.54) is 43.3 Å². The smallest absolute Gasteiger partial charge is 0.263 e. The minimum atomic E-state index is -4.13. The molecule has 0 spiro atoms. The lowest BCUT2D eigenvalue weighted by Gasteiger charge is -2.11. The fourth-order valence-corrected chi connectivity index (χ4v) is 3.70. The van der Waals surface area contributed by atoms with Gasteiger partial charge in [0.15, 0.2) is 23.2 Å². The number of rotatable bonds is 9. The molecule has 33 heavy (non-hydrogen) atoms. The first-order chi connectivity index (χ1) is 15.7. The van der Waals surface area contributed by atoms with E-state index in [1.54, 1.807) is 18.2 Å². The monoisotopic (exact) mass is 471 g/mol. The highest BCUT2D eigenvalue weighted by atomic mass is 32.2. The molecule has 0 aliphatic rings. The fourth-order valence-electron chi connectivity index (χ4n) is 2.67. The molecule has 0 fully saturated rings. The molecule has 170 valence electrons. The topological polar surface area (TPSA) is 125 Å². The maximum absolute atomic E-state index is 14.2. The second-order valence-corrected chi connectivity index (χ2v) is 8.46. The summed E-state index contributed by atoms with van der Waals surface area (Å²) in [5, 5.41) is 10.9. The molecule has 3 aromatic rings. The first-order valence-corrected chi connectivity index (χ1v) is 11.0. The van der Waals surface area contributed by atoms with Gasteiger partial charge in [-0.25, -0.2) is 27.2 Å². The highest BCUT2D eigenvalue weighted by Gasteiger charge is 2.19. The van der Waals surface area contributed by atoms with Crippen molar-refractivity contribution in [3.05, 3.63) is 95.6 Å². The number of nitrogens with one attached hydrogen (secondary N) is 3. The Bertz CT molecular complexity index is 1330. The summed E-state index contributed by atoms with van der Waals surface area (Å²) in [5.41, 5.74) is -0.101. The van der Waals surface area contributed by atoms with Crippen LogP contribution < -0.4 is 10.0 Å². The van der Waals surface area contributed by atoms with E-state index in [1.807, 2.05) is 4.72 Å². The van der Waals surface area contributed by atoms with Crippen LogP contribution in [-0.4, -0.2) is 29.9 Å². The van der Waals surface area contributed by atoms with Gasteiger partial charge in [0, 0.05) is 19.0 Å². The Morgan fingerprint density at radius 3 is 2.39 bits per heavy atom. The van der Waals surface area contributed by atoms with Gasteiger partial charge >= 0.3 is 0 Å². The molecule has 0 unspecified atom stereocenters. The van der Waals surface area contributed by atoms with E-state index >= 15 is 0 Å². The summed E-state index contributed by atoms with van der Waals surface area (Å²) in [5.74, 6) is -2.91. The summed E-state index contributed by atoms with van der Waals surface area (Å²) < 4.78 is 54.9. The molecule has 3 N–H and O–H groups in total. The number of aromatic nitrogens is 2. The Hall–Kier alpha value is -3.99. The number of Topliss-reactive ketones (excluding diaryl/α,β-unsaturated/α-hetero) is 1. The Morgan fingerprint density at radius 1 is 1.06 bits per heavy atom. The largest absolute Gasteiger partial charge is 0.378 e. The number of halogens is 2. The molecule has 0 aliphatic heterocycles. The van der Waals surface area contributed by atoms with Crippen molar-refractivity contribution in [1.29, 1.82) is 5.41 Å². The molecule has 1 heterocycles. The Kier molecular flexibility index (Phi) is 7.23. The van der Waals surface area contributed by atoms with Crippen LogP contribution in [0.15, 0.2) is 77.5 Å². The Morgan fingerprint density at radius 2 is 1.73 bits per heavy atom. The van der Waals surface area contributed by atoms with Crippen molar-refractivity contribution in [3.8, 4) is 0 Å². The second-order valence-electron chi connectivity index (χ2n) is 6.78. The normalized spacial score (nSPS) is 11.7. The summed E-state index contributed by atoms with van der Waals surface area (Å²) in [7, 11) is -4.13. The maximum atomic E-state index is 14.2. The van der Waals surface area contributed by atoms with E-state index in [0.29, 0.717) is 11.8 Å². The van der Waals surface area contributed by atoms with Crippen molar-refractivity contribution < 1.29 is 22.0 Å². The number of nitrogens with zero attached hydrogens (tertiary/aromatic N) is 2. The van der Waals surface area contributed by atoms with Crippen LogP contribution in [0.4, 0.5) is 14.6 Å². The number of sulfonamides is 1. The Labute approximate surface area is 189 Å². The number of carbonyl (C=O) groups excluding carboxylic acids is 1. The second kappa shape index (κ2) is 10.1. The van der Waals surface area contributed by atoms with Crippen LogP contribution >= 0.6 is 0 Å². The number of ketones is 1. The van der Waals surface area contributed by atoms with Crippen LogP contribution in [0.25, 0.3) is 0 Å². The number of benzene rings is 2. The highest BCUT2D eigenvalue weighted by Crippen LogP contribution is 2.17. The number of hydrogen-bond donors (Lipinski definition) is 3. The van der Waals surface area contributed by atoms with E-state index in [2.05, 4.69) is 15.3 Å². The van der Waals surface area contributed by atoms with Gasteiger partial charge in [0.1, 0.15) is 11.5 Å². The van der Waals surface area contributed by atoms with Crippen LogP contribution in [0.2, 0.25) is 0 Å². The molecule has 3 rings (SSSR count). The van der Waals surface area contributed by atoms with Gasteiger partial charge in [-0.05, 0) is 24.3 Å². The summed E-state index contributed by atoms with van der Waals surface area (Å²) in [6.45, 7) is 1.23. The molecule has 0 aliphatic carbocycles. The predicted octanol–water partition coefficient (Wildman–Crippen LogP) is 3.19. The molecule has 8 nitrogen and oxygen atoms in total. The summed E-state index contributed by atoms with van der Waals surface area (Å²) >= 11 is 0. The molecule has 0 saturated heterocycles. The van der Waals surface area contributed by atoms with E-state index < -0.39 is 33.3 Å². The average molecular weight is 471 g/mol. The predicted molar refractivity (Wildman–Crippen MR) is 118 cm³/mol. The third-order valence-electron chi connectivity index (χ3n) is 4.36. The van der Waals surface area contributed by atoms with Gasteiger partial charge in [-0.1, -0.05) is 36.4 Å². The van der Waals surface area contributed by atoms with Crippen molar-refractivity contribution in [2.75, 3.05) is 4.72 Å². The van der Waals surface area contributed by atoms with Gasteiger partial charge in [0.25, 0.3) is 10.0 Å². The minimum Gasteiger partial charge on any atom is -0.378 e. The first kappa shape index (κ1) is 23.7. The van der Waals surface area contributed by atoms with Crippen molar-refractivity contribution in [1.82, 2.24) is 15.3 Å². The average Bonchev–Trinajstić information content (AvgIpc) is 2.79. The van der Waals surface area contributed by atoms with Gasteiger partial charge in [-0.15, -0.1) is 0 Å². The standard InChI is InChI=1S/C22H19F2N5O3S/c1-14(30)20(26-12-15-7-5-6-10-17(15)23)11-19(25)22-27-13-18(24)21(28-22)29-33(31,32)16-8-3-2-4-9-16/h2-11,13,25-26H,12H2,1H3,(H,27,28,29)/b20-11-,25-19?. The maximum Gasteiger partial charge on any atom is 0.263 e. The van der Waals surface area contributed by atoms with E-state index in [4.69, 9.17) is 5.41 Å². The summed E-state index contributed by atoms with van der Waals surface area (Å²) in [6, 6.07) is 13.3. The van der Waals surface area contributed by atoms with Crippen molar-refractivity contribution in [3.63, 3.8) is 0 Å². The molecule has 0 bridgehead atoms. The summed E-state index contributed by atoms with van der Waals surface area (Å²) in [6.07, 6.45) is 1.82. The third-order valence-corrected chi connectivity index (χ3v) is 5.72. The molecule has 0 amide bonds. The van der Waals surface area contributed by atoms with Crippen LogP contribution in [0.3, 0.4) is 0 Å². The zero-order chi connectivity index (χ0) is 24.0. The van der Waals surface area contributed by atoms with Crippen LogP contribution in [0.5, 0.6) is 0 Å². The lowest BCUT2D eigenvalue weighted by atomic mass is 10.2. The van der Waals surface area contributed by atoms with Gasteiger partial charge in [-0.2, -0.15) is 0 Å². The molecular formula is C22H19F2N5O3S. The van der Waals surface area contributed by atoms with Crippen LogP contribution in [0.1, 0.15) is 18.3 Å². The number of anilines is 1. The van der Waals surface area contributed by atoms with Crippen molar-refractivity contribution >= 4 is 27.3 Å². The van der Waals surface area contributed by atoms with Gasteiger partial charge in [0.2, 0.25) is 0 Å². The molecule has 0 radical (unpaired) electrons. The number of allylic oxidation sites excluding steroid dienone is 2. The molecule has 0 saturated carbocycles.